The number of aliphatic hydroxyl groups is 1. The molecule has 2 atom stereocenters. The highest BCUT2D eigenvalue weighted by molar-refractivity contribution is 8.24. The van der Waals surface area contributed by atoms with E-state index < -0.39 is 22.2 Å². The molecular formula is C27H39NO6S2. The highest BCUT2D eigenvalue weighted by Gasteiger charge is 2.42. The van der Waals surface area contributed by atoms with Crippen molar-refractivity contribution < 1.29 is 28.5 Å². The topological polar surface area (TPSA) is 99.5 Å². The number of rotatable bonds is 10. The molecule has 0 saturated carbocycles. The molecule has 1 aliphatic rings. The maximum absolute atomic E-state index is 11.9. The van der Waals surface area contributed by atoms with Gasteiger partial charge in [0.05, 0.1) is 22.6 Å². The minimum Gasteiger partial charge on any atom is -0.489 e. The summed E-state index contributed by atoms with van der Waals surface area (Å²) in [7, 11) is -1.97. The van der Waals surface area contributed by atoms with E-state index in [-0.39, 0.29) is 17.8 Å². The fourth-order valence-corrected chi connectivity index (χ4v) is 7.47. The van der Waals surface area contributed by atoms with Crippen molar-refractivity contribution in [3.8, 4) is 5.75 Å². The summed E-state index contributed by atoms with van der Waals surface area (Å²) in [4.78, 5) is 15.3. The van der Waals surface area contributed by atoms with Crippen LogP contribution >= 0.6 is 22.4 Å². The van der Waals surface area contributed by atoms with Gasteiger partial charge in [-0.3, -0.25) is 9.11 Å². The van der Waals surface area contributed by atoms with Gasteiger partial charge in [0.2, 0.25) is 0 Å². The van der Waals surface area contributed by atoms with Crippen molar-refractivity contribution in [3.05, 3.63) is 42.5 Å². The Morgan fingerprint density at radius 2 is 1.92 bits per heavy atom. The van der Waals surface area contributed by atoms with E-state index in [0.717, 1.165) is 42.0 Å². The van der Waals surface area contributed by atoms with E-state index in [4.69, 9.17) is 4.74 Å². The van der Waals surface area contributed by atoms with Crippen molar-refractivity contribution in [3.63, 3.8) is 0 Å². The van der Waals surface area contributed by atoms with Gasteiger partial charge >= 0.3 is 5.97 Å². The zero-order chi connectivity index (χ0) is 26.6. The summed E-state index contributed by atoms with van der Waals surface area (Å²) in [5, 5.41) is 10.5. The molecule has 7 nitrogen and oxygen atoms in total. The Labute approximate surface area is 220 Å². The van der Waals surface area contributed by atoms with E-state index in [9.17, 15) is 19.0 Å². The third-order valence-electron chi connectivity index (χ3n) is 6.90. The van der Waals surface area contributed by atoms with Crippen LogP contribution < -0.4 is 9.64 Å². The molecule has 0 radical (unpaired) electrons. The first-order valence-corrected chi connectivity index (χ1v) is 15.2. The van der Waals surface area contributed by atoms with Crippen LogP contribution in [-0.4, -0.2) is 58.1 Å². The second-order valence-corrected chi connectivity index (χ2v) is 12.6. The first-order valence-electron chi connectivity index (χ1n) is 12.3. The molecule has 2 aromatic carbocycles. The number of carbonyl (C=O) groups excluding carboxylic acids is 1. The van der Waals surface area contributed by atoms with Gasteiger partial charge in [-0.1, -0.05) is 44.9 Å². The maximum Gasteiger partial charge on any atom is 0.341 e. The van der Waals surface area contributed by atoms with Gasteiger partial charge in [-0.2, -0.15) is 10.6 Å². The molecule has 2 unspecified atom stereocenters. The Hall–Kier alpha value is -1.91. The minimum absolute atomic E-state index is 0.269. The Morgan fingerprint density at radius 1 is 1.22 bits per heavy atom. The Kier molecular flexibility index (Phi) is 9.27. The van der Waals surface area contributed by atoms with Gasteiger partial charge in [0, 0.05) is 29.5 Å². The van der Waals surface area contributed by atoms with Crippen LogP contribution in [0.4, 0.5) is 11.4 Å². The van der Waals surface area contributed by atoms with E-state index >= 15 is 0 Å². The van der Waals surface area contributed by atoms with Gasteiger partial charge < -0.3 is 19.5 Å². The van der Waals surface area contributed by atoms with Crippen molar-refractivity contribution >= 4 is 39.7 Å². The third kappa shape index (κ3) is 6.14. The quantitative estimate of drug-likeness (QED) is 0.231. The molecule has 0 saturated heterocycles. The summed E-state index contributed by atoms with van der Waals surface area (Å²) in [5.41, 5.74) is -0.393. The van der Waals surface area contributed by atoms with E-state index in [2.05, 4.69) is 23.5 Å². The fourth-order valence-electron chi connectivity index (χ4n) is 4.68. The van der Waals surface area contributed by atoms with E-state index in [1.807, 2.05) is 42.7 Å². The molecule has 3 N–H and O–H groups in total. The van der Waals surface area contributed by atoms with Crippen LogP contribution in [-0.2, 0) is 9.53 Å². The fraction of sp³-hybridized carbons (Fsp3) is 0.519. The SMILES string of the molecule is CCCCC1(CC)CN(c2ccccc2)c2cc(SC)c(OCC(C)(O)C(=O)OC)cc2S(O)(O)C1. The molecule has 0 aromatic heterocycles. The standard InChI is InChI=1S/C27H39NO6S2/c1-6-8-14-27(7-2)17-28(20-12-10-9-11-13-20)21-15-23(35-5)22(16-24(21)36(31,32)19-27)34-18-26(3,30)25(29)33-4/h9-13,15-16,30-32H,6-8,14,17-19H2,1-5H3. The molecule has 9 heteroatoms. The molecule has 0 aliphatic carbocycles. The number of carbonyl (C=O) groups is 1. The summed E-state index contributed by atoms with van der Waals surface area (Å²) in [6.45, 7) is 5.94. The third-order valence-corrected chi connectivity index (χ3v) is 9.71. The van der Waals surface area contributed by atoms with E-state index in [0.29, 0.717) is 17.2 Å². The second-order valence-electron chi connectivity index (χ2n) is 9.71. The number of nitrogens with zero attached hydrogens (tertiary/aromatic N) is 1. The molecule has 2 aromatic rings. The van der Waals surface area contributed by atoms with Crippen LogP contribution in [0, 0.1) is 5.41 Å². The molecular weight excluding hydrogens is 498 g/mol. The molecule has 1 heterocycles. The molecule has 0 bridgehead atoms. The van der Waals surface area contributed by atoms with Gasteiger partial charge in [-0.15, -0.1) is 11.8 Å². The molecule has 0 amide bonds. The van der Waals surface area contributed by atoms with Crippen LogP contribution in [0.25, 0.3) is 0 Å². The summed E-state index contributed by atoms with van der Waals surface area (Å²) >= 11 is 1.45. The Bertz CT molecular complexity index is 1050. The number of methoxy groups -OCH3 is 1. The van der Waals surface area contributed by atoms with Gasteiger partial charge in [0.15, 0.2) is 5.60 Å². The number of esters is 1. The number of anilines is 2. The van der Waals surface area contributed by atoms with Crippen LogP contribution in [0.3, 0.4) is 0 Å². The number of para-hydroxylation sites is 1. The van der Waals surface area contributed by atoms with Crippen molar-refractivity contribution in [1.82, 2.24) is 0 Å². The smallest absolute Gasteiger partial charge is 0.341 e. The van der Waals surface area contributed by atoms with Crippen molar-refractivity contribution in [2.24, 2.45) is 5.41 Å². The minimum atomic E-state index is -3.18. The number of thioether (sulfide) groups is 1. The van der Waals surface area contributed by atoms with Crippen molar-refractivity contribution in [2.45, 2.75) is 61.8 Å². The maximum atomic E-state index is 11.9. The summed E-state index contributed by atoms with van der Waals surface area (Å²) in [6.07, 6.45) is 5.67. The number of unbranched alkanes of at least 4 members (excludes halogenated alkanes) is 1. The van der Waals surface area contributed by atoms with Crippen LogP contribution in [0.2, 0.25) is 0 Å². The highest BCUT2D eigenvalue weighted by Crippen LogP contribution is 2.62. The summed E-state index contributed by atoms with van der Waals surface area (Å²) in [6, 6.07) is 13.6. The lowest BCUT2D eigenvalue weighted by atomic mass is 9.81. The van der Waals surface area contributed by atoms with Crippen molar-refractivity contribution in [1.29, 1.82) is 0 Å². The van der Waals surface area contributed by atoms with Gasteiger partial charge in [-0.05, 0) is 44.2 Å². The lowest BCUT2D eigenvalue weighted by Crippen LogP contribution is -2.42. The van der Waals surface area contributed by atoms with Gasteiger partial charge in [0.1, 0.15) is 12.4 Å². The predicted molar refractivity (Wildman–Crippen MR) is 148 cm³/mol. The molecule has 1 aliphatic heterocycles. The summed E-state index contributed by atoms with van der Waals surface area (Å²) in [5.74, 6) is -0.146. The Balaban J connectivity index is 2.15. The number of fused-ring (bicyclic) bond motifs is 1. The predicted octanol–water partition coefficient (Wildman–Crippen LogP) is 6.56. The number of hydrogen-bond donors (Lipinski definition) is 3. The lowest BCUT2D eigenvalue weighted by Gasteiger charge is -2.41. The molecule has 0 spiro atoms. The monoisotopic (exact) mass is 537 g/mol. The number of ether oxygens (including phenoxy) is 2. The van der Waals surface area contributed by atoms with Gasteiger partial charge in [-0.25, -0.2) is 4.79 Å². The van der Waals surface area contributed by atoms with E-state index in [1.165, 1.54) is 25.8 Å². The average Bonchev–Trinajstić information content (AvgIpc) is 2.97. The molecule has 36 heavy (non-hydrogen) atoms. The number of hydrogen-bond acceptors (Lipinski definition) is 8. The van der Waals surface area contributed by atoms with E-state index in [1.54, 1.807) is 6.07 Å². The first-order chi connectivity index (χ1) is 17.0. The first kappa shape index (κ1) is 28.7. The molecule has 3 rings (SSSR count). The van der Waals surface area contributed by atoms with Gasteiger partial charge in [0.25, 0.3) is 0 Å². The average molecular weight is 538 g/mol. The van der Waals surface area contributed by atoms with Crippen LogP contribution in [0.5, 0.6) is 5.75 Å². The lowest BCUT2D eigenvalue weighted by molar-refractivity contribution is -0.163. The zero-order valence-electron chi connectivity index (χ0n) is 21.8. The Morgan fingerprint density at radius 3 is 2.50 bits per heavy atom. The zero-order valence-corrected chi connectivity index (χ0v) is 23.5. The van der Waals surface area contributed by atoms with Crippen molar-refractivity contribution in [2.75, 3.05) is 37.2 Å². The largest absolute Gasteiger partial charge is 0.489 e. The normalized spacial score (nSPS) is 21.6. The highest BCUT2D eigenvalue weighted by atomic mass is 32.3. The number of benzene rings is 2. The summed E-state index contributed by atoms with van der Waals surface area (Å²) < 4.78 is 33.8. The van der Waals surface area contributed by atoms with Crippen LogP contribution in [0.1, 0.15) is 46.5 Å². The molecule has 0 fully saturated rings. The van der Waals surface area contributed by atoms with Crippen LogP contribution in [0.15, 0.2) is 52.3 Å². The second kappa shape index (κ2) is 11.6. The molecule has 200 valence electrons.